The van der Waals surface area contributed by atoms with E-state index in [-0.39, 0.29) is 19.3 Å². The summed E-state index contributed by atoms with van der Waals surface area (Å²) in [6, 6.07) is 2.03. The molecule has 1 aromatic heterocycles. The number of rotatable bonds is 5. The van der Waals surface area contributed by atoms with Crippen molar-refractivity contribution in [1.29, 1.82) is 0 Å². The summed E-state index contributed by atoms with van der Waals surface area (Å²) in [6.07, 6.45) is 0.452. The molecule has 3 fully saturated rings. The molecule has 6 nitrogen and oxygen atoms in total. The topological polar surface area (TPSA) is 84.1 Å². The van der Waals surface area contributed by atoms with Gasteiger partial charge in [-0.2, -0.15) is 0 Å². The summed E-state index contributed by atoms with van der Waals surface area (Å²) in [5, 5.41) is 30.9. The molecule has 134 valence electrons. The van der Waals surface area contributed by atoms with Crippen LogP contribution < -0.4 is 0 Å². The third kappa shape index (κ3) is 2.07. The zero-order valence-corrected chi connectivity index (χ0v) is 12.8. The van der Waals surface area contributed by atoms with Gasteiger partial charge in [-0.3, -0.25) is 0 Å². The lowest BCUT2D eigenvalue weighted by molar-refractivity contribution is -0.386. The lowest BCUT2D eigenvalue weighted by Gasteiger charge is -2.71. The third-order valence-electron chi connectivity index (χ3n) is 5.35. The van der Waals surface area contributed by atoms with Crippen molar-refractivity contribution < 1.29 is 27.8 Å². The smallest absolute Gasteiger partial charge is 0.288 e. The summed E-state index contributed by atoms with van der Waals surface area (Å²) in [6.45, 7) is -0.824. The van der Waals surface area contributed by atoms with Crippen molar-refractivity contribution >= 4 is 0 Å². The van der Waals surface area contributed by atoms with E-state index in [0.717, 1.165) is 23.1 Å². The molecule has 0 saturated heterocycles. The Morgan fingerprint density at radius 1 is 1.20 bits per heavy atom. The summed E-state index contributed by atoms with van der Waals surface area (Å²) < 4.78 is 59.0. The summed E-state index contributed by atoms with van der Waals surface area (Å²) in [4.78, 5) is 0. The summed E-state index contributed by atoms with van der Waals surface area (Å²) >= 11 is 0. The van der Waals surface area contributed by atoms with Gasteiger partial charge in [0.15, 0.2) is 5.60 Å². The summed E-state index contributed by atoms with van der Waals surface area (Å²) in [5.74, 6) is -6.04. The fourth-order valence-corrected chi connectivity index (χ4v) is 4.17. The molecule has 0 amide bonds. The van der Waals surface area contributed by atoms with Gasteiger partial charge in [0.1, 0.15) is 18.0 Å². The molecule has 2 bridgehead atoms. The molecule has 1 aromatic carbocycles. The normalized spacial score (nSPS) is 30.3. The highest BCUT2D eigenvalue weighted by Crippen LogP contribution is 2.75. The van der Waals surface area contributed by atoms with Gasteiger partial charge in [-0.15, -0.1) is 5.10 Å². The minimum Gasteiger partial charge on any atom is -0.390 e. The number of tetrazole rings is 1. The molecular weight excluding hydrogens is 344 g/mol. The average Bonchev–Trinajstić information content (AvgIpc) is 2.95. The molecule has 5 rings (SSSR count). The number of halogens is 4. The fourth-order valence-electron chi connectivity index (χ4n) is 4.17. The molecule has 1 heterocycles. The Bertz CT molecular complexity index is 809. The van der Waals surface area contributed by atoms with E-state index in [9.17, 15) is 19.0 Å². The van der Waals surface area contributed by atoms with Gasteiger partial charge in [0.2, 0.25) is 0 Å². The van der Waals surface area contributed by atoms with Gasteiger partial charge in [0.25, 0.3) is 5.92 Å². The number of nitrogens with zero attached hydrogens (tertiary/aromatic N) is 4. The van der Waals surface area contributed by atoms with Gasteiger partial charge in [0.05, 0.1) is 12.1 Å². The lowest BCUT2D eigenvalue weighted by atomic mass is 9.37. The zero-order valence-electron chi connectivity index (χ0n) is 12.8. The standard InChI is InChI=1S/C15H14F4N4O2/c16-9-1-2-10(11(17)3-9)14(25,7-23-8-20-21-22-23)15(18,19)12-4-13(24,5-12)6-12/h1-3,8,24-25H,4-7H2/t12?,13?,14-/m0/s1. The molecular formula is C15H14F4N4O2. The monoisotopic (exact) mass is 358 g/mol. The molecule has 3 saturated carbocycles. The van der Waals surface area contributed by atoms with Crippen LogP contribution in [0.4, 0.5) is 17.6 Å². The van der Waals surface area contributed by atoms with Crippen LogP contribution in [0.5, 0.6) is 0 Å². The lowest BCUT2D eigenvalue weighted by Crippen LogP contribution is -2.77. The van der Waals surface area contributed by atoms with Crippen molar-refractivity contribution in [3.05, 3.63) is 41.7 Å². The number of aromatic nitrogens is 4. The molecule has 0 aliphatic heterocycles. The maximum Gasteiger partial charge on any atom is 0.288 e. The maximum absolute atomic E-state index is 15.4. The van der Waals surface area contributed by atoms with E-state index in [1.165, 1.54) is 0 Å². The molecule has 10 heteroatoms. The average molecular weight is 358 g/mol. The van der Waals surface area contributed by atoms with Crippen molar-refractivity contribution in [3.8, 4) is 0 Å². The quantitative estimate of drug-likeness (QED) is 0.789. The summed E-state index contributed by atoms with van der Waals surface area (Å²) in [5.41, 5.74) is -6.53. The first kappa shape index (κ1) is 16.4. The first-order valence-electron chi connectivity index (χ1n) is 7.60. The van der Waals surface area contributed by atoms with E-state index in [0.29, 0.717) is 6.07 Å². The first-order valence-corrected chi connectivity index (χ1v) is 7.60. The second-order valence-corrected chi connectivity index (χ2v) is 7.10. The third-order valence-corrected chi connectivity index (χ3v) is 5.35. The first-order chi connectivity index (χ1) is 11.6. The van der Waals surface area contributed by atoms with Gasteiger partial charge in [-0.1, -0.05) is 0 Å². The SMILES string of the molecule is OC12CC(C(F)(F)[C@](O)(Cn3cnnn3)c3ccc(F)cc3F)(C1)C2. The zero-order chi connectivity index (χ0) is 18.1. The van der Waals surface area contributed by atoms with E-state index in [1.807, 2.05) is 0 Å². The molecule has 25 heavy (non-hydrogen) atoms. The molecule has 2 aromatic rings. The van der Waals surface area contributed by atoms with Crippen LogP contribution in [-0.2, 0) is 12.1 Å². The second-order valence-electron chi connectivity index (χ2n) is 7.10. The molecule has 0 unspecified atom stereocenters. The van der Waals surface area contributed by atoms with Crippen molar-refractivity contribution in [2.75, 3.05) is 0 Å². The van der Waals surface area contributed by atoms with Crippen molar-refractivity contribution in [3.63, 3.8) is 0 Å². The van der Waals surface area contributed by atoms with Crippen LogP contribution in [0.25, 0.3) is 0 Å². The van der Waals surface area contributed by atoms with Crippen molar-refractivity contribution in [2.24, 2.45) is 5.41 Å². The predicted octanol–water partition coefficient (Wildman–Crippen LogP) is 1.39. The van der Waals surface area contributed by atoms with Gasteiger partial charge in [-0.05, 0) is 41.8 Å². The van der Waals surface area contributed by atoms with Gasteiger partial charge >= 0.3 is 0 Å². The van der Waals surface area contributed by atoms with Crippen LogP contribution in [0.2, 0.25) is 0 Å². The van der Waals surface area contributed by atoms with E-state index >= 15 is 8.78 Å². The second kappa shape index (κ2) is 4.76. The van der Waals surface area contributed by atoms with E-state index in [2.05, 4.69) is 15.5 Å². The Kier molecular flexibility index (Phi) is 3.12. The number of alkyl halides is 2. The predicted molar refractivity (Wildman–Crippen MR) is 74.3 cm³/mol. The minimum absolute atomic E-state index is 0.187. The molecule has 3 aliphatic carbocycles. The van der Waals surface area contributed by atoms with Crippen LogP contribution >= 0.6 is 0 Å². The van der Waals surface area contributed by atoms with Crippen LogP contribution in [0.3, 0.4) is 0 Å². The van der Waals surface area contributed by atoms with Gasteiger partial charge < -0.3 is 10.2 Å². The number of hydrogen-bond donors (Lipinski definition) is 2. The highest BCUT2D eigenvalue weighted by molar-refractivity contribution is 5.34. The molecule has 0 spiro atoms. The van der Waals surface area contributed by atoms with Crippen LogP contribution in [0, 0.1) is 17.0 Å². The van der Waals surface area contributed by atoms with Crippen molar-refractivity contribution in [1.82, 2.24) is 20.2 Å². The minimum atomic E-state index is -3.80. The van der Waals surface area contributed by atoms with Gasteiger partial charge in [0, 0.05) is 17.0 Å². The maximum atomic E-state index is 15.4. The Morgan fingerprint density at radius 2 is 1.88 bits per heavy atom. The highest BCUT2D eigenvalue weighted by atomic mass is 19.3. The van der Waals surface area contributed by atoms with E-state index in [1.54, 1.807) is 0 Å². The molecule has 0 radical (unpaired) electrons. The fraction of sp³-hybridized carbons (Fsp3) is 0.533. The van der Waals surface area contributed by atoms with Crippen molar-refractivity contribution in [2.45, 2.75) is 42.9 Å². The molecule has 3 aliphatic rings. The Balaban J connectivity index is 1.81. The number of aliphatic hydroxyl groups is 2. The highest BCUT2D eigenvalue weighted by Gasteiger charge is 2.82. The van der Waals surface area contributed by atoms with Crippen LogP contribution in [-0.4, -0.2) is 41.9 Å². The van der Waals surface area contributed by atoms with Crippen LogP contribution in [0.1, 0.15) is 24.8 Å². The Labute approximate surface area is 139 Å². The summed E-state index contributed by atoms with van der Waals surface area (Å²) in [7, 11) is 0. The molecule has 2 N–H and O–H groups in total. The Morgan fingerprint density at radius 3 is 2.40 bits per heavy atom. The molecule has 1 atom stereocenters. The number of hydrogen-bond acceptors (Lipinski definition) is 5. The Hall–Kier alpha value is -2.07. The largest absolute Gasteiger partial charge is 0.390 e. The van der Waals surface area contributed by atoms with Crippen LogP contribution in [0.15, 0.2) is 24.5 Å². The van der Waals surface area contributed by atoms with Gasteiger partial charge in [-0.25, -0.2) is 22.2 Å². The van der Waals surface area contributed by atoms with E-state index < -0.39 is 46.3 Å². The van der Waals surface area contributed by atoms with E-state index in [4.69, 9.17) is 0 Å². The number of benzene rings is 1.